The van der Waals surface area contributed by atoms with Crippen molar-refractivity contribution < 1.29 is 67.0 Å². The fourth-order valence-electron chi connectivity index (χ4n) is 0. The van der Waals surface area contributed by atoms with Gasteiger partial charge in [0.2, 0.25) is 0 Å². The van der Waals surface area contributed by atoms with Gasteiger partial charge in [0.15, 0.2) is 0 Å². The van der Waals surface area contributed by atoms with Gasteiger partial charge < -0.3 is 27.4 Å². The zero-order valence-electron chi connectivity index (χ0n) is 3.58. The summed E-state index contributed by atoms with van der Waals surface area (Å²) in [6.07, 6.45) is 0. The number of hydrogen-bond acceptors (Lipinski definition) is 0. The van der Waals surface area contributed by atoms with Crippen molar-refractivity contribution in [3.63, 3.8) is 0 Å². The summed E-state index contributed by atoms with van der Waals surface area (Å²) in [5, 5.41) is 0. The molecule has 0 unspecified atom stereocenters. The summed E-state index contributed by atoms with van der Waals surface area (Å²) in [4.78, 5) is 0. The molecule has 8 heteroatoms. The third-order valence-corrected chi connectivity index (χ3v) is 0. The van der Waals surface area contributed by atoms with E-state index in [9.17, 15) is 0 Å². The van der Waals surface area contributed by atoms with Crippen molar-refractivity contribution in [1.29, 1.82) is 0 Å². The van der Waals surface area contributed by atoms with Gasteiger partial charge in [-0.05, 0) is 0 Å². The fourth-order valence-corrected chi connectivity index (χ4v) is 0. The van der Waals surface area contributed by atoms with Crippen molar-refractivity contribution in [2.45, 2.75) is 0 Å². The topological polar surface area (TPSA) is 142 Å². The molecule has 8 heavy (non-hydrogen) atoms. The summed E-state index contributed by atoms with van der Waals surface area (Å²) in [6, 6.07) is 0. The normalized spacial score (nSPS) is 0. The SMILES string of the molecule is [Ir].[O-2].[O-2].[O-2].[O-2].[O-2].[Sn+4].[Zn+2]. The van der Waals surface area contributed by atoms with Gasteiger partial charge in [0, 0.05) is 20.1 Å². The molecule has 0 bridgehead atoms. The van der Waals surface area contributed by atoms with Crippen molar-refractivity contribution >= 4 is 23.9 Å². The molecule has 0 spiro atoms. The Hall–Kier alpha value is 1.87. The van der Waals surface area contributed by atoms with Crippen LogP contribution in [0.3, 0.4) is 0 Å². The Kier molecular flexibility index (Phi) is 4350. The van der Waals surface area contributed by atoms with Crippen LogP contribution >= 0.6 is 0 Å². The molecule has 0 aliphatic carbocycles. The molecule has 0 amide bonds. The second kappa shape index (κ2) is 157. The van der Waals surface area contributed by atoms with Gasteiger partial charge in [-0.25, -0.2) is 0 Å². The monoisotopic (exact) mass is 457 g/mol. The third-order valence-electron chi connectivity index (χ3n) is 0. The zero-order chi connectivity index (χ0) is 0. The summed E-state index contributed by atoms with van der Waals surface area (Å²) in [5.41, 5.74) is 0. The second-order valence-electron chi connectivity index (χ2n) is 0. The fraction of sp³-hybridized carbons (Fsp3) is 0. The standard InChI is InChI=1S/Ir.5O.Sn.Zn/q;5*-2;+4;+2. The van der Waals surface area contributed by atoms with Crippen LogP contribution in [0.1, 0.15) is 0 Å². The molecule has 0 aromatic heterocycles. The minimum absolute atomic E-state index is 0. The largest absolute Gasteiger partial charge is 4.00 e. The van der Waals surface area contributed by atoms with E-state index in [0.717, 1.165) is 0 Å². The molecule has 0 saturated carbocycles. The zero-order valence-corrected chi connectivity index (χ0v) is 11.8. The summed E-state index contributed by atoms with van der Waals surface area (Å²) < 4.78 is 0. The predicted octanol–water partition coefficient (Wildman–Crippen LogP) is -0.980. The van der Waals surface area contributed by atoms with Crippen molar-refractivity contribution in [3.05, 3.63) is 0 Å². The summed E-state index contributed by atoms with van der Waals surface area (Å²) >= 11 is 0. The van der Waals surface area contributed by atoms with Crippen LogP contribution in [0.4, 0.5) is 0 Å². The molecule has 0 aliphatic rings. The van der Waals surface area contributed by atoms with Crippen LogP contribution < -0.4 is 0 Å². The van der Waals surface area contributed by atoms with E-state index < -0.39 is 0 Å². The summed E-state index contributed by atoms with van der Waals surface area (Å²) in [5.74, 6) is 0. The predicted molar refractivity (Wildman–Crippen MR) is 9.19 cm³/mol. The first kappa shape index (κ1) is 222. The third kappa shape index (κ3) is 106. The quantitative estimate of drug-likeness (QED) is 0.413. The maximum Gasteiger partial charge on any atom is 4.00 e. The average Bonchev–Trinajstić information content (AvgIpc) is 0. The Bertz CT molecular complexity index is 12.4. The van der Waals surface area contributed by atoms with Crippen molar-refractivity contribution in [3.8, 4) is 0 Å². The number of hydrogen-bond donors (Lipinski definition) is 0. The molecule has 0 saturated heterocycles. The molecule has 0 heterocycles. The van der Waals surface area contributed by atoms with Crippen LogP contribution in [-0.4, -0.2) is 23.9 Å². The van der Waals surface area contributed by atoms with Crippen LogP contribution in [0.25, 0.3) is 0 Å². The molecule has 0 aromatic carbocycles. The Balaban J connectivity index is 0. The molecule has 49 valence electrons. The molecule has 5 nitrogen and oxygen atoms in total. The van der Waals surface area contributed by atoms with E-state index in [1.807, 2.05) is 0 Å². The maximum absolute atomic E-state index is 0. The van der Waals surface area contributed by atoms with Gasteiger partial charge in [-0.3, -0.25) is 0 Å². The van der Waals surface area contributed by atoms with Gasteiger partial charge in [0.05, 0.1) is 0 Å². The molecule has 0 aliphatic heterocycles. The van der Waals surface area contributed by atoms with Crippen LogP contribution in [-0.2, 0) is 67.0 Å². The molecular formula is IrO5SnZn-4. The van der Waals surface area contributed by atoms with E-state index in [-0.39, 0.29) is 90.9 Å². The van der Waals surface area contributed by atoms with Crippen molar-refractivity contribution in [2.24, 2.45) is 0 Å². The molecular weight excluding hydrogens is 456 g/mol. The van der Waals surface area contributed by atoms with E-state index in [2.05, 4.69) is 0 Å². The minimum atomic E-state index is 0. The maximum atomic E-state index is 0. The second-order valence-corrected chi connectivity index (χ2v) is 0. The molecule has 0 atom stereocenters. The van der Waals surface area contributed by atoms with E-state index in [0.29, 0.717) is 0 Å². The average molecular weight is 456 g/mol. The van der Waals surface area contributed by atoms with Gasteiger partial charge in [-0.15, -0.1) is 0 Å². The van der Waals surface area contributed by atoms with Crippen LogP contribution in [0.2, 0.25) is 0 Å². The van der Waals surface area contributed by atoms with Crippen molar-refractivity contribution in [1.82, 2.24) is 0 Å². The molecule has 0 aromatic rings. The smallest absolute Gasteiger partial charge is 2.00 e. The van der Waals surface area contributed by atoms with Gasteiger partial charge in [0.25, 0.3) is 0 Å². The van der Waals surface area contributed by atoms with Crippen LogP contribution in [0.5, 0.6) is 0 Å². The van der Waals surface area contributed by atoms with Crippen LogP contribution in [0.15, 0.2) is 0 Å². The first-order valence-corrected chi connectivity index (χ1v) is 0. The van der Waals surface area contributed by atoms with E-state index in [1.54, 1.807) is 0 Å². The molecule has 0 fully saturated rings. The first-order chi connectivity index (χ1) is 0. The van der Waals surface area contributed by atoms with Crippen LogP contribution in [0, 0.1) is 0 Å². The Morgan fingerprint density at radius 2 is 0.500 bits per heavy atom. The van der Waals surface area contributed by atoms with Gasteiger partial charge >= 0.3 is 43.4 Å². The summed E-state index contributed by atoms with van der Waals surface area (Å²) in [7, 11) is 0. The van der Waals surface area contributed by atoms with Gasteiger partial charge in [0.1, 0.15) is 0 Å². The van der Waals surface area contributed by atoms with Gasteiger partial charge in [-0.1, -0.05) is 0 Å². The first-order valence-electron chi connectivity index (χ1n) is 0. The van der Waals surface area contributed by atoms with E-state index in [4.69, 9.17) is 0 Å². The molecule has 1 radical (unpaired) electrons. The molecule has 0 rings (SSSR count). The van der Waals surface area contributed by atoms with E-state index >= 15 is 0 Å². The Morgan fingerprint density at radius 3 is 0.500 bits per heavy atom. The Labute approximate surface area is 90.2 Å². The summed E-state index contributed by atoms with van der Waals surface area (Å²) in [6.45, 7) is 0. The minimum Gasteiger partial charge on any atom is -2.00 e. The van der Waals surface area contributed by atoms with Gasteiger partial charge in [-0.2, -0.15) is 0 Å². The number of rotatable bonds is 0. The molecule has 0 N–H and O–H groups in total. The van der Waals surface area contributed by atoms with E-state index in [1.165, 1.54) is 0 Å². The Morgan fingerprint density at radius 1 is 0.500 bits per heavy atom. The van der Waals surface area contributed by atoms with Crippen molar-refractivity contribution in [2.75, 3.05) is 0 Å².